The average molecular weight is 309 g/mol. The highest BCUT2D eigenvalue weighted by molar-refractivity contribution is 9.10. The van der Waals surface area contributed by atoms with Gasteiger partial charge in [0.05, 0.1) is 0 Å². The van der Waals surface area contributed by atoms with Gasteiger partial charge in [-0.2, -0.15) is 0 Å². The average Bonchev–Trinajstić information content (AvgIpc) is 2.33. The molecule has 0 saturated heterocycles. The first-order chi connectivity index (χ1) is 8.58. The van der Waals surface area contributed by atoms with Gasteiger partial charge in [-0.15, -0.1) is 0 Å². The summed E-state index contributed by atoms with van der Waals surface area (Å²) >= 11 is 3.33. The van der Waals surface area contributed by atoms with Gasteiger partial charge in [0.2, 0.25) is 0 Å². The number of benzene rings is 2. The fourth-order valence-electron chi connectivity index (χ4n) is 1.67. The van der Waals surface area contributed by atoms with Crippen molar-refractivity contribution in [3.05, 3.63) is 63.4 Å². The Kier molecular flexibility index (Phi) is 4.02. The molecule has 1 nitrogen and oxygen atoms in total. The zero-order valence-electron chi connectivity index (χ0n) is 10.3. The molecule has 0 aliphatic heterocycles. The Labute approximate surface area is 115 Å². The lowest BCUT2D eigenvalue weighted by Gasteiger charge is -2.11. The van der Waals surface area contributed by atoms with E-state index in [1.165, 1.54) is 17.7 Å². The first-order valence-electron chi connectivity index (χ1n) is 5.71. The van der Waals surface area contributed by atoms with Crippen molar-refractivity contribution in [1.82, 2.24) is 0 Å². The van der Waals surface area contributed by atoms with Crippen LogP contribution in [0.15, 0.2) is 40.9 Å². The SMILES string of the molecule is Cc1cccc(OCc2ccc(F)cc2Br)c1C. The summed E-state index contributed by atoms with van der Waals surface area (Å²) in [6.45, 7) is 4.51. The number of aryl methyl sites for hydroxylation is 1. The predicted octanol–water partition coefficient (Wildman–Crippen LogP) is 4.78. The van der Waals surface area contributed by atoms with E-state index in [-0.39, 0.29) is 5.82 Å². The standard InChI is InChI=1S/C15H14BrFO/c1-10-4-3-5-15(11(10)2)18-9-12-6-7-13(17)8-14(12)16/h3-8H,9H2,1-2H3. The first kappa shape index (κ1) is 13.1. The lowest BCUT2D eigenvalue weighted by Crippen LogP contribution is -1.99. The molecule has 0 fully saturated rings. The van der Waals surface area contributed by atoms with Crippen LogP contribution in [-0.4, -0.2) is 0 Å². The molecule has 2 aromatic rings. The van der Waals surface area contributed by atoms with Crippen LogP contribution in [0.3, 0.4) is 0 Å². The van der Waals surface area contributed by atoms with Gasteiger partial charge in [0, 0.05) is 10.0 Å². The Morgan fingerprint density at radius 3 is 2.67 bits per heavy atom. The van der Waals surface area contributed by atoms with E-state index in [1.54, 1.807) is 6.07 Å². The Morgan fingerprint density at radius 2 is 1.94 bits per heavy atom. The fraction of sp³-hybridized carbons (Fsp3) is 0.200. The molecule has 0 aliphatic rings. The molecule has 0 aromatic heterocycles. The molecule has 18 heavy (non-hydrogen) atoms. The molecule has 0 atom stereocenters. The summed E-state index contributed by atoms with van der Waals surface area (Å²) < 4.78 is 19.5. The molecule has 0 N–H and O–H groups in total. The van der Waals surface area contributed by atoms with E-state index in [9.17, 15) is 4.39 Å². The molecule has 0 amide bonds. The van der Waals surface area contributed by atoms with Crippen LogP contribution in [0.2, 0.25) is 0 Å². The molecular formula is C15H14BrFO. The van der Waals surface area contributed by atoms with E-state index < -0.39 is 0 Å². The summed E-state index contributed by atoms with van der Waals surface area (Å²) in [5, 5.41) is 0. The molecule has 0 radical (unpaired) electrons. The van der Waals surface area contributed by atoms with Crippen LogP contribution < -0.4 is 4.74 Å². The van der Waals surface area contributed by atoms with Gasteiger partial charge in [0.15, 0.2) is 0 Å². The molecule has 0 unspecified atom stereocenters. The first-order valence-corrected chi connectivity index (χ1v) is 6.50. The minimum absolute atomic E-state index is 0.252. The number of rotatable bonds is 3. The summed E-state index contributed by atoms with van der Waals surface area (Å²) in [6.07, 6.45) is 0. The third-order valence-corrected chi connectivity index (χ3v) is 3.69. The maximum absolute atomic E-state index is 13.0. The van der Waals surface area contributed by atoms with E-state index in [2.05, 4.69) is 28.9 Å². The molecule has 0 bridgehead atoms. The highest BCUT2D eigenvalue weighted by atomic mass is 79.9. The highest BCUT2D eigenvalue weighted by Crippen LogP contribution is 2.24. The molecular weight excluding hydrogens is 295 g/mol. The molecule has 2 aromatic carbocycles. The van der Waals surface area contributed by atoms with Gasteiger partial charge in [-0.05, 0) is 43.2 Å². The lowest BCUT2D eigenvalue weighted by molar-refractivity contribution is 0.303. The van der Waals surface area contributed by atoms with Gasteiger partial charge in [-0.25, -0.2) is 4.39 Å². The van der Waals surface area contributed by atoms with Crippen LogP contribution in [0.1, 0.15) is 16.7 Å². The van der Waals surface area contributed by atoms with Crippen LogP contribution in [0.4, 0.5) is 4.39 Å². The third kappa shape index (κ3) is 2.91. The van der Waals surface area contributed by atoms with Crippen LogP contribution in [0, 0.1) is 19.7 Å². The Morgan fingerprint density at radius 1 is 1.17 bits per heavy atom. The van der Waals surface area contributed by atoms with Crippen molar-refractivity contribution in [1.29, 1.82) is 0 Å². The number of hydrogen-bond donors (Lipinski definition) is 0. The van der Waals surface area contributed by atoms with E-state index in [1.807, 2.05) is 19.1 Å². The Hall–Kier alpha value is -1.35. The Bertz CT molecular complexity index is 566. The van der Waals surface area contributed by atoms with Crippen molar-refractivity contribution in [3.8, 4) is 5.75 Å². The summed E-state index contributed by atoms with van der Waals surface area (Å²) in [5.74, 6) is 0.614. The van der Waals surface area contributed by atoms with Crippen molar-refractivity contribution >= 4 is 15.9 Å². The van der Waals surface area contributed by atoms with Crippen LogP contribution in [0.25, 0.3) is 0 Å². The van der Waals surface area contributed by atoms with E-state index in [0.717, 1.165) is 21.3 Å². The smallest absolute Gasteiger partial charge is 0.124 e. The van der Waals surface area contributed by atoms with Crippen molar-refractivity contribution in [2.75, 3.05) is 0 Å². The Balaban J connectivity index is 2.14. The van der Waals surface area contributed by atoms with Gasteiger partial charge in [0.1, 0.15) is 18.2 Å². The largest absolute Gasteiger partial charge is 0.489 e. The summed E-state index contributed by atoms with van der Waals surface area (Å²) in [4.78, 5) is 0. The van der Waals surface area contributed by atoms with Gasteiger partial charge in [0.25, 0.3) is 0 Å². The van der Waals surface area contributed by atoms with Crippen LogP contribution >= 0.6 is 15.9 Å². The van der Waals surface area contributed by atoms with Gasteiger partial charge < -0.3 is 4.74 Å². The molecule has 0 saturated carbocycles. The third-order valence-electron chi connectivity index (χ3n) is 2.95. The second kappa shape index (κ2) is 5.53. The van der Waals surface area contributed by atoms with Gasteiger partial charge in [-0.3, -0.25) is 0 Å². The van der Waals surface area contributed by atoms with Crippen LogP contribution in [0.5, 0.6) is 5.75 Å². The van der Waals surface area contributed by atoms with Gasteiger partial charge in [-0.1, -0.05) is 34.1 Å². The van der Waals surface area contributed by atoms with Gasteiger partial charge >= 0.3 is 0 Å². The minimum Gasteiger partial charge on any atom is -0.489 e. The van der Waals surface area contributed by atoms with Crippen LogP contribution in [-0.2, 0) is 6.61 Å². The van der Waals surface area contributed by atoms with E-state index in [0.29, 0.717) is 6.61 Å². The second-order valence-electron chi connectivity index (χ2n) is 4.22. The second-order valence-corrected chi connectivity index (χ2v) is 5.08. The highest BCUT2D eigenvalue weighted by Gasteiger charge is 2.05. The molecule has 3 heteroatoms. The zero-order valence-corrected chi connectivity index (χ0v) is 11.9. The minimum atomic E-state index is -0.252. The normalized spacial score (nSPS) is 10.4. The van der Waals surface area contributed by atoms with E-state index in [4.69, 9.17) is 4.74 Å². The molecule has 0 heterocycles. The number of halogens is 2. The molecule has 2 rings (SSSR count). The number of hydrogen-bond acceptors (Lipinski definition) is 1. The summed E-state index contributed by atoms with van der Waals surface area (Å²) in [6, 6.07) is 10.6. The topological polar surface area (TPSA) is 9.23 Å². The quantitative estimate of drug-likeness (QED) is 0.792. The zero-order chi connectivity index (χ0) is 13.1. The predicted molar refractivity (Wildman–Crippen MR) is 74.3 cm³/mol. The summed E-state index contributed by atoms with van der Waals surface area (Å²) in [5.41, 5.74) is 3.26. The molecule has 0 aliphatic carbocycles. The van der Waals surface area contributed by atoms with E-state index >= 15 is 0 Å². The monoisotopic (exact) mass is 308 g/mol. The summed E-state index contributed by atoms with van der Waals surface area (Å²) in [7, 11) is 0. The maximum Gasteiger partial charge on any atom is 0.124 e. The van der Waals surface area contributed by atoms with Crippen molar-refractivity contribution in [2.45, 2.75) is 20.5 Å². The lowest BCUT2D eigenvalue weighted by atomic mass is 10.1. The van der Waals surface area contributed by atoms with Crippen molar-refractivity contribution < 1.29 is 9.13 Å². The number of ether oxygens (including phenoxy) is 1. The fourth-order valence-corrected chi connectivity index (χ4v) is 2.14. The molecule has 0 spiro atoms. The maximum atomic E-state index is 13.0. The van der Waals surface area contributed by atoms with Crippen molar-refractivity contribution in [3.63, 3.8) is 0 Å². The van der Waals surface area contributed by atoms with Crippen molar-refractivity contribution in [2.24, 2.45) is 0 Å². The molecule has 94 valence electrons.